The fraction of sp³-hybridized carbons (Fsp3) is 0.364. The number of rotatable bonds is 4. The van der Waals surface area contributed by atoms with Gasteiger partial charge in [-0.2, -0.15) is 8.42 Å². The highest BCUT2D eigenvalue weighted by atomic mass is 32.2. The Morgan fingerprint density at radius 3 is 2.90 bits per heavy atom. The second-order valence-corrected chi connectivity index (χ2v) is 4.70. The summed E-state index contributed by atoms with van der Waals surface area (Å²) >= 11 is 0. The third-order valence-electron chi connectivity index (χ3n) is 2.69. The Labute approximate surface area is 116 Å². The SMILES string of the molecule is Nc1ccc(OC(=O)N=S(=O)=O)cc1NCC1CCO1. The number of nitrogens with one attached hydrogen (secondary N) is 1. The van der Waals surface area contributed by atoms with Gasteiger partial charge >= 0.3 is 16.6 Å². The summed E-state index contributed by atoms with van der Waals surface area (Å²) in [5.41, 5.74) is 6.84. The zero-order chi connectivity index (χ0) is 14.5. The number of hydrogen-bond donors (Lipinski definition) is 2. The van der Waals surface area contributed by atoms with Crippen LogP contribution in [0, 0.1) is 0 Å². The second-order valence-electron chi connectivity index (χ2n) is 4.09. The molecule has 2 rings (SSSR count). The van der Waals surface area contributed by atoms with Gasteiger partial charge in [0.2, 0.25) is 0 Å². The average Bonchev–Trinajstić information content (AvgIpc) is 2.30. The van der Waals surface area contributed by atoms with E-state index in [2.05, 4.69) is 9.68 Å². The molecule has 1 aromatic carbocycles. The maximum Gasteiger partial charge on any atom is 0.454 e. The van der Waals surface area contributed by atoms with Crippen molar-refractivity contribution >= 4 is 28.0 Å². The lowest BCUT2D eigenvalue weighted by atomic mass is 10.2. The number of nitrogens with two attached hydrogens (primary N) is 1. The molecule has 0 bridgehead atoms. The fourth-order valence-electron chi connectivity index (χ4n) is 1.60. The Hall–Kier alpha value is -2.13. The lowest BCUT2D eigenvalue weighted by Gasteiger charge is -2.27. The van der Waals surface area contributed by atoms with E-state index in [-0.39, 0.29) is 11.9 Å². The normalized spacial score (nSPS) is 16.9. The highest BCUT2D eigenvalue weighted by molar-refractivity contribution is 7.62. The maximum absolute atomic E-state index is 11.1. The molecule has 8 nitrogen and oxygen atoms in total. The van der Waals surface area contributed by atoms with Crippen molar-refractivity contribution in [2.24, 2.45) is 4.36 Å². The predicted octanol–water partition coefficient (Wildman–Crippen LogP) is 1.03. The van der Waals surface area contributed by atoms with Gasteiger partial charge < -0.3 is 20.5 Å². The molecular weight excluding hydrogens is 286 g/mol. The molecule has 0 aromatic heterocycles. The summed E-state index contributed by atoms with van der Waals surface area (Å²) in [6.07, 6.45) is -0.0784. The number of nitrogens with zero attached hydrogens (tertiary/aromatic N) is 1. The topological polar surface area (TPSA) is 120 Å². The van der Waals surface area contributed by atoms with Gasteiger partial charge in [0, 0.05) is 19.2 Å². The van der Waals surface area contributed by atoms with Crippen molar-refractivity contribution in [3.05, 3.63) is 18.2 Å². The number of carbonyl (C=O) groups is 1. The Kier molecular flexibility index (Phi) is 4.53. The molecule has 0 spiro atoms. The molecule has 0 aliphatic carbocycles. The Bertz CT molecular complexity index is 631. The van der Waals surface area contributed by atoms with E-state index in [1.54, 1.807) is 6.07 Å². The van der Waals surface area contributed by atoms with Gasteiger partial charge in [-0.3, -0.25) is 0 Å². The molecular formula is C11H13N3O5S. The molecule has 0 saturated carbocycles. The molecule has 1 heterocycles. The summed E-state index contributed by atoms with van der Waals surface area (Å²) in [7, 11) is -2.84. The lowest BCUT2D eigenvalue weighted by molar-refractivity contribution is -0.0410. The van der Waals surface area contributed by atoms with Gasteiger partial charge in [-0.25, -0.2) is 4.79 Å². The summed E-state index contributed by atoms with van der Waals surface area (Å²) in [6.45, 7) is 1.35. The van der Waals surface area contributed by atoms with Crippen LogP contribution in [-0.4, -0.2) is 33.8 Å². The van der Waals surface area contributed by atoms with Crippen LogP contribution in [-0.2, 0) is 15.2 Å². The third kappa shape index (κ3) is 3.93. The Morgan fingerprint density at radius 2 is 2.30 bits per heavy atom. The van der Waals surface area contributed by atoms with Crippen LogP contribution in [0.5, 0.6) is 5.75 Å². The standard InChI is InChI=1S/C11H13N3O5S/c12-9-2-1-7(19-11(15)14-20(16)17)5-10(9)13-6-8-3-4-18-8/h1-2,5,8,13H,3-4,6,12H2. The second kappa shape index (κ2) is 6.35. The number of benzene rings is 1. The summed E-state index contributed by atoms with van der Waals surface area (Å²) < 4.78 is 33.2. The lowest BCUT2D eigenvalue weighted by Crippen LogP contribution is -2.33. The predicted molar refractivity (Wildman–Crippen MR) is 71.1 cm³/mol. The average molecular weight is 299 g/mol. The number of anilines is 2. The van der Waals surface area contributed by atoms with Crippen molar-refractivity contribution in [3.63, 3.8) is 0 Å². The molecule has 108 valence electrons. The molecule has 1 amide bonds. The van der Waals surface area contributed by atoms with E-state index >= 15 is 0 Å². The summed E-state index contributed by atoms with van der Waals surface area (Å²) in [6, 6.07) is 4.48. The van der Waals surface area contributed by atoms with E-state index in [1.807, 2.05) is 0 Å². The van der Waals surface area contributed by atoms with E-state index in [0.717, 1.165) is 13.0 Å². The zero-order valence-corrected chi connectivity index (χ0v) is 11.2. The van der Waals surface area contributed by atoms with Crippen molar-refractivity contribution < 1.29 is 22.7 Å². The van der Waals surface area contributed by atoms with Crippen LogP contribution in [0.3, 0.4) is 0 Å². The number of amides is 1. The van der Waals surface area contributed by atoms with Crippen LogP contribution in [0.2, 0.25) is 0 Å². The van der Waals surface area contributed by atoms with Crippen molar-refractivity contribution in [1.29, 1.82) is 0 Å². The molecule has 1 aromatic rings. The van der Waals surface area contributed by atoms with Crippen LogP contribution >= 0.6 is 0 Å². The first-order valence-corrected chi connectivity index (χ1v) is 6.85. The van der Waals surface area contributed by atoms with E-state index in [0.29, 0.717) is 17.9 Å². The molecule has 1 aliphatic heterocycles. The quantitative estimate of drug-likeness (QED) is 0.796. The molecule has 20 heavy (non-hydrogen) atoms. The van der Waals surface area contributed by atoms with Gasteiger partial charge in [0.1, 0.15) is 5.75 Å². The van der Waals surface area contributed by atoms with E-state index in [4.69, 9.17) is 15.2 Å². The fourth-order valence-corrected chi connectivity index (χ4v) is 1.76. The van der Waals surface area contributed by atoms with Crippen LogP contribution in [0.4, 0.5) is 16.2 Å². The van der Waals surface area contributed by atoms with Crippen LogP contribution in [0.1, 0.15) is 6.42 Å². The van der Waals surface area contributed by atoms with Crippen molar-refractivity contribution in [2.45, 2.75) is 12.5 Å². The molecule has 1 aliphatic rings. The van der Waals surface area contributed by atoms with E-state index in [9.17, 15) is 13.2 Å². The summed E-state index contributed by atoms with van der Waals surface area (Å²) in [5.74, 6) is 0.149. The molecule has 3 N–H and O–H groups in total. The number of carbonyl (C=O) groups excluding carboxylic acids is 1. The van der Waals surface area contributed by atoms with Crippen LogP contribution < -0.4 is 15.8 Å². The Morgan fingerprint density at radius 1 is 1.55 bits per heavy atom. The van der Waals surface area contributed by atoms with E-state index in [1.165, 1.54) is 12.1 Å². The van der Waals surface area contributed by atoms with Crippen molar-refractivity contribution in [1.82, 2.24) is 0 Å². The number of nitrogen functional groups attached to an aromatic ring is 1. The first-order chi connectivity index (χ1) is 9.54. The molecule has 0 radical (unpaired) electrons. The highest BCUT2D eigenvalue weighted by Crippen LogP contribution is 2.25. The van der Waals surface area contributed by atoms with Crippen LogP contribution in [0.25, 0.3) is 0 Å². The molecule has 9 heteroatoms. The molecule has 1 atom stereocenters. The highest BCUT2D eigenvalue weighted by Gasteiger charge is 2.18. The first kappa shape index (κ1) is 14.3. The van der Waals surface area contributed by atoms with Gasteiger partial charge in [-0.15, -0.1) is 0 Å². The smallest absolute Gasteiger partial charge is 0.408 e. The first-order valence-electron chi connectivity index (χ1n) is 5.82. The minimum Gasteiger partial charge on any atom is -0.408 e. The van der Waals surface area contributed by atoms with E-state index < -0.39 is 16.6 Å². The molecule has 1 saturated heterocycles. The van der Waals surface area contributed by atoms with Gasteiger partial charge in [0.05, 0.1) is 17.5 Å². The summed E-state index contributed by atoms with van der Waals surface area (Å²) in [5, 5.41) is 3.08. The van der Waals surface area contributed by atoms with Gasteiger partial charge in [-0.1, -0.05) is 4.36 Å². The Balaban J connectivity index is 2.03. The van der Waals surface area contributed by atoms with Crippen molar-refractivity contribution in [3.8, 4) is 5.75 Å². The maximum atomic E-state index is 11.1. The van der Waals surface area contributed by atoms with Gasteiger partial charge in [0.15, 0.2) is 0 Å². The van der Waals surface area contributed by atoms with Crippen molar-refractivity contribution in [2.75, 3.05) is 24.2 Å². The largest absolute Gasteiger partial charge is 0.454 e. The minimum atomic E-state index is -2.84. The van der Waals surface area contributed by atoms with Gasteiger partial charge in [0.25, 0.3) is 0 Å². The molecule has 1 unspecified atom stereocenters. The third-order valence-corrected chi connectivity index (χ3v) is 2.99. The minimum absolute atomic E-state index is 0.149. The van der Waals surface area contributed by atoms with Gasteiger partial charge in [-0.05, 0) is 18.6 Å². The number of ether oxygens (including phenoxy) is 2. The molecule has 1 fully saturated rings. The van der Waals surface area contributed by atoms with Crippen LogP contribution in [0.15, 0.2) is 22.6 Å². The zero-order valence-electron chi connectivity index (χ0n) is 10.4. The monoisotopic (exact) mass is 299 g/mol. The summed E-state index contributed by atoms with van der Waals surface area (Å²) in [4.78, 5) is 11.1. The number of hydrogen-bond acceptors (Lipinski definition) is 7.